The van der Waals surface area contributed by atoms with E-state index in [0.717, 1.165) is 23.5 Å². The number of nitrogens with one attached hydrogen (secondary N) is 1. The normalized spacial score (nSPS) is 16.3. The highest BCUT2D eigenvalue weighted by Gasteiger charge is 2.29. The van der Waals surface area contributed by atoms with Gasteiger partial charge in [-0.15, -0.1) is 17.5 Å². The van der Waals surface area contributed by atoms with Crippen LogP contribution >= 0.6 is 24.0 Å². The molecule has 2 aromatic carbocycles. The fourth-order valence-corrected chi connectivity index (χ4v) is 3.80. The van der Waals surface area contributed by atoms with Crippen molar-refractivity contribution >= 4 is 29.9 Å². The lowest BCUT2D eigenvalue weighted by Crippen LogP contribution is -2.49. The molecule has 8 heteroatoms. The number of halogens is 2. The lowest BCUT2D eigenvalue weighted by molar-refractivity contribution is -0.133. The van der Waals surface area contributed by atoms with Gasteiger partial charge < -0.3 is 10.2 Å². The zero-order valence-corrected chi connectivity index (χ0v) is 17.7. The number of hydrogen-bond donors (Lipinski definition) is 1. The molecule has 4 rings (SSSR count). The van der Waals surface area contributed by atoms with Crippen molar-refractivity contribution in [2.24, 2.45) is 0 Å². The van der Waals surface area contributed by atoms with Gasteiger partial charge in [0.1, 0.15) is 0 Å². The molecule has 0 spiro atoms. The van der Waals surface area contributed by atoms with Crippen LogP contribution in [0.1, 0.15) is 23.0 Å². The van der Waals surface area contributed by atoms with Gasteiger partial charge in [0.15, 0.2) is 0 Å². The molecule has 1 amide bonds. The second-order valence-electron chi connectivity index (χ2n) is 6.91. The molecule has 1 unspecified atom stereocenters. The van der Waals surface area contributed by atoms with Gasteiger partial charge in [-0.2, -0.15) is 0 Å². The minimum absolute atomic E-state index is 0. The highest BCUT2D eigenvalue weighted by molar-refractivity contribution is 6.30. The number of carbonyl (C=O) groups excluding carboxylic acids is 1. The molecule has 0 bridgehead atoms. The standard InChI is InChI=1S/C21H22ClN5O.ClH/c1-15-19(24-25-27(15)18-8-3-2-4-9-18)13-21(28)26-11-10-23-14-20(26)16-6-5-7-17(22)12-16;/h2-9,12,20,23H,10-11,13-14H2,1H3;1H. The molecular weight excluding hydrogens is 409 g/mol. The van der Waals surface area contributed by atoms with Crippen molar-refractivity contribution in [3.63, 3.8) is 0 Å². The number of aromatic nitrogens is 3. The third kappa shape index (κ3) is 4.61. The summed E-state index contributed by atoms with van der Waals surface area (Å²) in [6.45, 7) is 4.09. The number of hydrogen-bond acceptors (Lipinski definition) is 4. The van der Waals surface area contributed by atoms with Crippen molar-refractivity contribution < 1.29 is 4.79 Å². The van der Waals surface area contributed by atoms with Crippen LogP contribution < -0.4 is 5.32 Å². The van der Waals surface area contributed by atoms with E-state index in [4.69, 9.17) is 11.6 Å². The van der Waals surface area contributed by atoms with Crippen LogP contribution in [0, 0.1) is 6.92 Å². The van der Waals surface area contributed by atoms with Gasteiger partial charge in [0, 0.05) is 24.7 Å². The molecule has 1 aliphatic heterocycles. The number of carbonyl (C=O) groups is 1. The quantitative estimate of drug-likeness (QED) is 0.687. The Morgan fingerprint density at radius 2 is 2.00 bits per heavy atom. The molecule has 1 atom stereocenters. The van der Waals surface area contributed by atoms with E-state index >= 15 is 0 Å². The summed E-state index contributed by atoms with van der Waals surface area (Å²) in [5, 5.41) is 12.6. The molecule has 3 aromatic rings. The van der Waals surface area contributed by atoms with Gasteiger partial charge in [-0.1, -0.05) is 47.1 Å². The summed E-state index contributed by atoms with van der Waals surface area (Å²) in [4.78, 5) is 15.0. The minimum Gasteiger partial charge on any atom is -0.333 e. The number of para-hydroxylation sites is 1. The van der Waals surface area contributed by atoms with Crippen molar-refractivity contribution in [3.05, 3.63) is 76.6 Å². The Labute approximate surface area is 181 Å². The predicted molar refractivity (Wildman–Crippen MR) is 116 cm³/mol. The maximum atomic E-state index is 13.1. The van der Waals surface area contributed by atoms with Crippen molar-refractivity contribution in [1.29, 1.82) is 0 Å². The topological polar surface area (TPSA) is 63.1 Å². The fourth-order valence-electron chi connectivity index (χ4n) is 3.60. The van der Waals surface area contributed by atoms with Crippen LogP contribution in [-0.2, 0) is 11.2 Å². The average Bonchev–Trinajstić information content (AvgIpc) is 3.09. The van der Waals surface area contributed by atoms with Crippen LogP contribution in [0.2, 0.25) is 5.02 Å². The molecule has 1 fully saturated rings. The fraction of sp³-hybridized carbons (Fsp3) is 0.286. The highest BCUT2D eigenvalue weighted by Crippen LogP contribution is 2.25. The third-order valence-corrected chi connectivity index (χ3v) is 5.34. The lowest BCUT2D eigenvalue weighted by atomic mass is 10.0. The summed E-state index contributed by atoms with van der Waals surface area (Å²) in [5.41, 5.74) is 3.56. The maximum Gasteiger partial charge on any atom is 0.229 e. The van der Waals surface area contributed by atoms with Crippen LogP contribution in [-0.4, -0.2) is 45.4 Å². The summed E-state index contributed by atoms with van der Waals surface area (Å²) in [7, 11) is 0. The third-order valence-electron chi connectivity index (χ3n) is 5.11. The second kappa shape index (κ2) is 9.39. The summed E-state index contributed by atoms with van der Waals surface area (Å²) < 4.78 is 1.77. The first-order valence-electron chi connectivity index (χ1n) is 9.36. The molecule has 29 heavy (non-hydrogen) atoms. The minimum atomic E-state index is -0.0376. The van der Waals surface area contributed by atoms with Gasteiger partial charge in [0.25, 0.3) is 0 Å². The number of piperazine rings is 1. The Bertz CT molecular complexity index is 976. The smallest absolute Gasteiger partial charge is 0.229 e. The number of benzene rings is 2. The van der Waals surface area contributed by atoms with Crippen molar-refractivity contribution in [3.8, 4) is 5.69 Å². The SMILES string of the molecule is Cc1c(CC(=O)N2CCNCC2c2cccc(Cl)c2)nnn1-c1ccccc1.Cl. The second-order valence-corrected chi connectivity index (χ2v) is 7.34. The van der Waals surface area contributed by atoms with E-state index in [1.54, 1.807) is 4.68 Å². The molecule has 152 valence electrons. The largest absolute Gasteiger partial charge is 0.333 e. The van der Waals surface area contributed by atoms with E-state index in [0.29, 0.717) is 23.8 Å². The van der Waals surface area contributed by atoms with Gasteiger partial charge in [-0.05, 0) is 36.8 Å². The Hall–Kier alpha value is -2.41. The number of amides is 1. The van der Waals surface area contributed by atoms with Crippen LogP contribution in [0.3, 0.4) is 0 Å². The zero-order valence-electron chi connectivity index (χ0n) is 16.1. The van der Waals surface area contributed by atoms with E-state index in [2.05, 4.69) is 15.6 Å². The van der Waals surface area contributed by atoms with Crippen LogP contribution in [0.15, 0.2) is 54.6 Å². The van der Waals surface area contributed by atoms with Crippen LogP contribution in [0.4, 0.5) is 0 Å². The van der Waals surface area contributed by atoms with E-state index in [1.807, 2.05) is 66.4 Å². The molecule has 1 aromatic heterocycles. The van der Waals surface area contributed by atoms with Crippen molar-refractivity contribution in [2.75, 3.05) is 19.6 Å². The van der Waals surface area contributed by atoms with Gasteiger partial charge >= 0.3 is 0 Å². The molecule has 1 N–H and O–H groups in total. The number of rotatable bonds is 4. The molecule has 0 saturated carbocycles. The monoisotopic (exact) mass is 431 g/mol. The Morgan fingerprint density at radius 3 is 2.76 bits per heavy atom. The summed E-state index contributed by atoms with van der Waals surface area (Å²) in [6.07, 6.45) is 0.232. The van der Waals surface area contributed by atoms with Crippen molar-refractivity contribution in [2.45, 2.75) is 19.4 Å². The predicted octanol–water partition coefficient (Wildman–Crippen LogP) is 3.37. The van der Waals surface area contributed by atoms with E-state index in [1.165, 1.54) is 0 Å². The highest BCUT2D eigenvalue weighted by atomic mass is 35.5. The zero-order chi connectivity index (χ0) is 19.5. The van der Waals surface area contributed by atoms with E-state index in [9.17, 15) is 4.79 Å². The molecule has 0 aliphatic carbocycles. The molecule has 6 nitrogen and oxygen atoms in total. The molecule has 1 aliphatic rings. The first-order chi connectivity index (χ1) is 13.6. The lowest BCUT2D eigenvalue weighted by Gasteiger charge is -2.36. The van der Waals surface area contributed by atoms with Gasteiger partial charge in [-0.25, -0.2) is 4.68 Å². The molecule has 2 heterocycles. The summed E-state index contributed by atoms with van der Waals surface area (Å²) >= 11 is 6.16. The average molecular weight is 432 g/mol. The van der Waals surface area contributed by atoms with Crippen molar-refractivity contribution in [1.82, 2.24) is 25.2 Å². The molecule has 0 radical (unpaired) electrons. The summed E-state index contributed by atoms with van der Waals surface area (Å²) in [6, 6.07) is 17.5. The Kier molecular flexibility index (Phi) is 6.90. The molecular formula is C21H23Cl2N5O. The van der Waals surface area contributed by atoms with Gasteiger partial charge in [-0.3, -0.25) is 4.79 Å². The van der Waals surface area contributed by atoms with Gasteiger partial charge in [0.2, 0.25) is 5.91 Å². The van der Waals surface area contributed by atoms with Crippen LogP contribution in [0.5, 0.6) is 0 Å². The summed E-state index contributed by atoms with van der Waals surface area (Å²) in [5.74, 6) is 0.0506. The van der Waals surface area contributed by atoms with Gasteiger partial charge in [0.05, 0.1) is 29.5 Å². The first-order valence-corrected chi connectivity index (χ1v) is 9.73. The van der Waals surface area contributed by atoms with Crippen LogP contribution in [0.25, 0.3) is 5.69 Å². The van der Waals surface area contributed by atoms with E-state index in [-0.39, 0.29) is 30.8 Å². The Morgan fingerprint density at radius 1 is 1.21 bits per heavy atom. The maximum absolute atomic E-state index is 13.1. The number of nitrogens with zero attached hydrogens (tertiary/aromatic N) is 4. The van der Waals surface area contributed by atoms with E-state index < -0.39 is 0 Å². The first kappa shape index (κ1) is 21.3. The molecule has 1 saturated heterocycles. The Balaban J connectivity index is 0.00000240.